The van der Waals surface area contributed by atoms with Gasteiger partial charge in [0.25, 0.3) is 0 Å². The first-order valence-corrected chi connectivity index (χ1v) is 6.04. The average Bonchev–Trinajstić information content (AvgIpc) is 2.60. The molecule has 1 saturated heterocycles. The molecule has 2 aliphatic heterocycles. The molecule has 0 aliphatic carbocycles. The van der Waals surface area contributed by atoms with Crippen LogP contribution in [0.25, 0.3) is 0 Å². The van der Waals surface area contributed by atoms with Crippen LogP contribution in [0.15, 0.2) is 12.3 Å². The number of hydrogen-bond donors (Lipinski definition) is 2. The van der Waals surface area contributed by atoms with E-state index in [0.717, 1.165) is 12.0 Å². The maximum Gasteiger partial charge on any atom is 0.409 e. The number of amides is 2. The lowest BCUT2D eigenvalue weighted by Crippen LogP contribution is -2.34. The summed E-state index contributed by atoms with van der Waals surface area (Å²) in [5, 5.41) is 10.9. The van der Waals surface area contributed by atoms with Gasteiger partial charge in [-0.25, -0.2) is 9.78 Å². The lowest BCUT2D eigenvalue weighted by atomic mass is 10.2. The first-order chi connectivity index (χ1) is 9.13. The number of carbonyl (C=O) groups is 2. The first-order valence-electron chi connectivity index (χ1n) is 6.04. The van der Waals surface area contributed by atoms with Gasteiger partial charge in [0.15, 0.2) is 0 Å². The van der Waals surface area contributed by atoms with Gasteiger partial charge in [0.2, 0.25) is 11.8 Å². The van der Waals surface area contributed by atoms with Gasteiger partial charge < -0.3 is 14.7 Å². The van der Waals surface area contributed by atoms with E-state index in [1.807, 2.05) is 0 Å². The van der Waals surface area contributed by atoms with Crippen LogP contribution in [-0.4, -0.2) is 39.6 Å². The Kier molecular flexibility index (Phi) is 2.73. The van der Waals surface area contributed by atoms with E-state index in [1.54, 1.807) is 11.0 Å². The second kappa shape index (κ2) is 4.42. The molecule has 1 atom stereocenters. The van der Waals surface area contributed by atoms with Gasteiger partial charge in [-0.15, -0.1) is 0 Å². The normalized spacial score (nSPS) is 21.2. The van der Waals surface area contributed by atoms with Crippen LogP contribution in [0.3, 0.4) is 0 Å². The molecule has 1 aromatic rings. The number of fused-ring (bicyclic) bond motifs is 2. The number of anilines is 1. The number of nitrogens with zero attached hydrogens (tertiary/aromatic N) is 2. The number of rotatable bonds is 1. The molecule has 2 N–H and O–H groups in total. The topological polar surface area (TPSA) is 91.8 Å². The van der Waals surface area contributed by atoms with Gasteiger partial charge in [0.1, 0.15) is 6.61 Å². The zero-order valence-corrected chi connectivity index (χ0v) is 10.1. The van der Waals surface area contributed by atoms with Crippen LogP contribution >= 0.6 is 0 Å². The van der Waals surface area contributed by atoms with Gasteiger partial charge in [0.05, 0.1) is 24.5 Å². The highest BCUT2D eigenvalue weighted by atomic mass is 16.5. The van der Waals surface area contributed by atoms with Gasteiger partial charge in [-0.1, -0.05) is 0 Å². The molecular formula is C12H13N3O4. The van der Waals surface area contributed by atoms with Crippen LogP contribution in [0, 0.1) is 0 Å². The molecule has 1 aromatic heterocycles. The molecule has 3 heterocycles. The van der Waals surface area contributed by atoms with Crippen molar-refractivity contribution in [2.24, 2.45) is 0 Å². The second-order valence-corrected chi connectivity index (χ2v) is 4.64. The van der Waals surface area contributed by atoms with Crippen molar-refractivity contribution in [1.82, 2.24) is 9.88 Å². The van der Waals surface area contributed by atoms with E-state index >= 15 is 0 Å². The molecular weight excluding hydrogens is 250 g/mol. The van der Waals surface area contributed by atoms with E-state index < -0.39 is 6.09 Å². The fourth-order valence-electron chi connectivity index (χ4n) is 2.48. The fraction of sp³-hybridized carbons (Fsp3) is 0.417. The summed E-state index contributed by atoms with van der Waals surface area (Å²) in [6.45, 7) is 0.860. The van der Waals surface area contributed by atoms with E-state index in [0.29, 0.717) is 31.1 Å². The second-order valence-electron chi connectivity index (χ2n) is 4.64. The Morgan fingerprint density at radius 3 is 3.21 bits per heavy atom. The average molecular weight is 263 g/mol. The maximum atomic E-state index is 11.8. The van der Waals surface area contributed by atoms with Crippen molar-refractivity contribution < 1.29 is 19.4 Å². The minimum Gasteiger partial charge on any atom is -0.475 e. The number of nitrogens with one attached hydrogen (secondary N) is 1. The molecule has 2 amide bonds. The van der Waals surface area contributed by atoms with Crippen LogP contribution in [0.1, 0.15) is 18.4 Å². The molecule has 0 saturated carbocycles. The number of carbonyl (C=O) groups excluding carboxylic acids is 1. The van der Waals surface area contributed by atoms with Crippen molar-refractivity contribution in [1.29, 1.82) is 0 Å². The molecule has 0 radical (unpaired) electrons. The van der Waals surface area contributed by atoms with Gasteiger partial charge in [-0.3, -0.25) is 10.1 Å². The SMILES string of the molecule is O=C(O)Nc1cnc2c(c1)CN1C(=O)CC[C@H]1CO2. The van der Waals surface area contributed by atoms with Crippen molar-refractivity contribution in [2.45, 2.75) is 25.4 Å². The zero-order valence-electron chi connectivity index (χ0n) is 10.1. The predicted molar refractivity (Wildman–Crippen MR) is 65.0 cm³/mol. The highest BCUT2D eigenvalue weighted by molar-refractivity contribution is 5.83. The van der Waals surface area contributed by atoms with E-state index in [4.69, 9.17) is 9.84 Å². The summed E-state index contributed by atoms with van der Waals surface area (Å²) in [4.78, 5) is 28.3. The lowest BCUT2D eigenvalue weighted by Gasteiger charge is -2.20. The first kappa shape index (κ1) is 11.8. The fourth-order valence-corrected chi connectivity index (χ4v) is 2.48. The molecule has 100 valence electrons. The molecule has 0 bridgehead atoms. The zero-order chi connectivity index (χ0) is 13.4. The Balaban J connectivity index is 1.89. The van der Waals surface area contributed by atoms with Crippen molar-refractivity contribution in [3.8, 4) is 5.88 Å². The molecule has 3 rings (SSSR count). The maximum absolute atomic E-state index is 11.8. The number of ether oxygens (including phenoxy) is 1. The van der Waals surface area contributed by atoms with Gasteiger partial charge >= 0.3 is 6.09 Å². The van der Waals surface area contributed by atoms with Crippen LogP contribution in [0.2, 0.25) is 0 Å². The molecule has 2 aliphatic rings. The van der Waals surface area contributed by atoms with Crippen molar-refractivity contribution in [3.05, 3.63) is 17.8 Å². The number of pyridine rings is 1. The molecule has 0 unspecified atom stereocenters. The third kappa shape index (κ3) is 2.18. The number of hydrogen-bond acceptors (Lipinski definition) is 4. The Labute approximate surface area is 109 Å². The van der Waals surface area contributed by atoms with Gasteiger partial charge in [0, 0.05) is 12.0 Å². The summed E-state index contributed by atoms with van der Waals surface area (Å²) in [7, 11) is 0. The summed E-state index contributed by atoms with van der Waals surface area (Å²) >= 11 is 0. The monoisotopic (exact) mass is 263 g/mol. The van der Waals surface area contributed by atoms with Gasteiger partial charge in [-0.05, 0) is 12.5 Å². The quantitative estimate of drug-likeness (QED) is 0.790. The molecule has 19 heavy (non-hydrogen) atoms. The van der Waals surface area contributed by atoms with Gasteiger partial charge in [-0.2, -0.15) is 0 Å². The summed E-state index contributed by atoms with van der Waals surface area (Å²) in [6.07, 6.45) is 1.61. The van der Waals surface area contributed by atoms with Crippen LogP contribution in [0.4, 0.5) is 10.5 Å². The predicted octanol–water partition coefficient (Wildman–Crippen LogP) is 1.05. The van der Waals surface area contributed by atoms with E-state index in [2.05, 4.69) is 10.3 Å². The summed E-state index contributed by atoms with van der Waals surface area (Å²) in [6, 6.07) is 1.75. The standard InChI is InChI=1S/C12H13N3O4/c16-10-2-1-9-6-19-11-7(5-15(9)10)3-8(4-13-11)14-12(17)18/h3-4,9,14H,1-2,5-6H2,(H,17,18)/t9-/m0/s1. The molecule has 0 spiro atoms. The highest BCUT2D eigenvalue weighted by Gasteiger charge is 2.34. The summed E-state index contributed by atoms with van der Waals surface area (Å²) < 4.78 is 5.59. The lowest BCUT2D eigenvalue weighted by molar-refractivity contribution is -0.129. The molecule has 0 aromatic carbocycles. The van der Waals surface area contributed by atoms with E-state index in [9.17, 15) is 9.59 Å². The van der Waals surface area contributed by atoms with Crippen molar-refractivity contribution in [2.75, 3.05) is 11.9 Å². The Hall–Kier alpha value is -2.31. The van der Waals surface area contributed by atoms with Crippen LogP contribution in [0.5, 0.6) is 5.88 Å². The summed E-state index contributed by atoms with van der Waals surface area (Å²) in [5.74, 6) is 0.580. The van der Waals surface area contributed by atoms with Crippen molar-refractivity contribution in [3.63, 3.8) is 0 Å². The third-order valence-electron chi connectivity index (χ3n) is 3.38. The third-order valence-corrected chi connectivity index (χ3v) is 3.38. The number of carboxylic acid groups (broad SMARTS) is 1. The minimum atomic E-state index is -1.15. The molecule has 1 fully saturated rings. The van der Waals surface area contributed by atoms with Crippen molar-refractivity contribution >= 4 is 17.7 Å². The van der Waals surface area contributed by atoms with E-state index in [-0.39, 0.29) is 11.9 Å². The highest BCUT2D eigenvalue weighted by Crippen LogP contribution is 2.30. The molecule has 7 heteroatoms. The summed E-state index contributed by atoms with van der Waals surface area (Å²) in [5.41, 5.74) is 1.10. The Bertz CT molecular complexity index is 546. The smallest absolute Gasteiger partial charge is 0.409 e. The van der Waals surface area contributed by atoms with Crippen LogP contribution < -0.4 is 10.1 Å². The number of aromatic nitrogens is 1. The van der Waals surface area contributed by atoms with E-state index in [1.165, 1.54) is 6.20 Å². The van der Waals surface area contributed by atoms with Crippen LogP contribution in [-0.2, 0) is 11.3 Å². The Morgan fingerprint density at radius 1 is 1.58 bits per heavy atom. The minimum absolute atomic E-state index is 0.0950. The Morgan fingerprint density at radius 2 is 2.42 bits per heavy atom. The molecule has 7 nitrogen and oxygen atoms in total. The largest absolute Gasteiger partial charge is 0.475 e.